The lowest BCUT2D eigenvalue weighted by Crippen LogP contribution is -2.34. The van der Waals surface area contributed by atoms with Crippen LogP contribution < -0.4 is 10.1 Å². The highest BCUT2D eigenvalue weighted by Gasteiger charge is 2.27. The summed E-state index contributed by atoms with van der Waals surface area (Å²) in [6.45, 7) is 1.34. The molecule has 0 aliphatic carbocycles. The number of nitrogens with zero attached hydrogens (tertiary/aromatic N) is 1. The van der Waals surface area contributed by atoms with Gasteiger partial charge in [-0.3, -0.25) is 4.79 Å². The molecule has 0 aromatic heterocycles. The van der Waals surface area contributed by atoms with Crippen molar-refractivity contribution in [3.05, 3.63) is 18.2 Å². The SMILES string of the molecule is CC1Oc2ccc(S(=O)(=O)N(C)CCO)cc2NC1=O. The molecule has 1 atom stereocenters. The van der Waals surface area contributed by atoms with Crippen molar-refractivity contribution in [2.24, 2.45) is 0 Å². The Morgan fingerprint density at radius 3 is 2.80 bits per heavy atom. The van der Waals surface area contributed by atoms with E-state index < -0.39 is 16.1 Å². The highest BCUT2D eigenvalue weighted by Crippen LogP contribution is 2.32. The second-order valence-electron chi connectivity index (χ2n) is 4.46. The average Bonchev–Trinajstić information content (AvgIpc) is 2.39. The van der Waals surface area contributed by atoms with Crippen molar-refractivity contribution in [1.29, 1.82) is 0 Å². The minimum Gasteiger partial charge on any atom is -0.479 e. The highest BCUT2D eigenvalue weighted by molar-refractivity contribution is 7.89. The first-order valence-corrected chi connectivity index (χ1v) is 7.49. The molecular formula is C12H16N2O5S. The van der Waals surface area contributed by atoms with Crippen LogP contribution in [0.4, 0.5) is 5.69 Å². The Kier molecular flexibility index (Phi) is 3.98. The van der Waals surface area contributed by atoms with Crippen LogP contribution in [0.3, 0.4) is 0 Å². The Morgan fingerprint density at radius 2 is 2.15 bits per heavy atom. The molecule has 1 amide bonds. The molecule has 0 saturated heterocycles. The van der Waals surface area contributed by atoms with E-state index in [1.165, 1.54) is 25.2 Å². The molecule has 7 nitrogen and oxygen atoms in total. The lowest BCUT2D eigenvalue weighted by molar-refractivity contribution is -0.122. The fraction of sp³-hybridized carbons (Fsp3) is 0.417. The molecule has 0 fully saturated rings. The first-order valence-electron chi connectivity index (χ1n) is 6.05. The number of nitrogens with one attached hydrogen (secondary N) is 1. The van der Waals surface area contributed by atoms with Crippen LogP contribution in [0.15, 0.2) is 23.1 Å². The van der Waals surface area contributed by atoms with Crippen molar-refractivity contribution >= 4 is 21.6 Å². The van der Waals surface area contributed by atoms with E-state index in [0.717, 1.165) is 4.31 Å². The van der Waals surface area contributed by atoms with E-state index in [1.807, 2.05) is 0 Å². The largest absolute Gasteiger partial charge is 0.479 e. The summed E-state index contributed by atoms with van der Waals surface area (Å²) in [7, 11) is -2.32. The van der Waals surface area contributed by atoms with Crippen molar-refractivity contribution in [3.63, 3.8) is 0 Å². The number of aliphatic hydroxyl groups is 1. The van der Waals surface area contributed by atoms with E-state index in [0.29, 0.717) is 11.4 Å². The van der Waals surface area contributed by atoms with Crippen molar-refractivity contribution < 1.29 is 23.1 Å². The van der Waals surface area contributed by atoms with Crippen LogP contribution in [-0.4, -0.2) is 50.0 Å². The van der Waals surface area contributed by atoms with E-state index in [1.54, 1.807) is 6.92 Å². The third kappa shape index (κ3) is 2.62. The summed E-state index contributed by atoms with van der Waals surface area (Å²) in [5.74, 6) is 0.108. The van der Waals surface area contributed by atoms with Gasteiger partial charge in [0.15, 0.2) is 6.10 Å². The molecule has 110 valence electrons. The van der Waals surface area contributed by atoms with Gasteiger partial charge < -0.3 is 15.2 Å². The Hall–Kier alpha value is -1.64. The standard InChI is InChI=1S/C12H16N2O5S/c1-8-12(16)13-10-7-9(3-4-11(10)19-8)20(17,18)14(2)5-6-15/h3-4,7-8,15H,5-6H2,1-2H3,(H,13,16). The molecule has 0 saturated carbocycles. The molecule has 1 aromatic carbocycles. The van der Waals surface area contributed by atoms with E-state index in [9.17, 15) is 13.2 Å². The quantitative estimate of drug-likeness (QED) is 0.817. The van der Waals surface area contributed by atoms with E-state index in [4.69, 9.17) is 9.84 Å². The number of fused-ring (bicyclic) bond motifs is 1. The van der Waals surface area contributed by atoms with E-state index in [-0.39, 0.29) is 24.0 Å². The molecule has 2 N–H and O–H groups in total. The van der Waals surface area contributed by atoms with Crippen molar-refractivity contribution in [2.75, 3.05) is 25.5 Å². The van der Waals surface area contributed by atoms with Gasteiger partial charge in [-0.05, 0) is 25.1 Å². The summed E-state index contributed by atoms with van der Waals surface area (Å²) in [5.41, 5.74) is 0.326. The molecule has 0 radical (unpaired) electrons. The van der Waals surface area contributed by atoms with Crippen molar-refractivity contribution in [1.82, 2.24) is 4.31 Å². The first kappa shape index (κ1) is 14.8. The fourth-order valence-electron chi connectivity index (χ4n) is 1.79. The Morgan fingerprint density at radius 1 is 1.45 bits per heavy atom. The minimum atomic E-state index is -3.70. The second-order valence-corrected chi connectivity index (χ2v) is 6.50. The van der Waals surface area contributed by atoms with Crippen LogP contribution in [-0.2, 0) is 14.8 Å². The lowest BCUT2D eigenvalue weighted by atomic mass is 10.2. The number of rotatable bonds is 4. The van der Waals surface area contributed by atoms with Gasteiger partial charge in [0.2, 0.25) is 10.0 Å². The van der Waals surface area contributed by atoms with Crippen LogP contribution in [0.25, 0.3) is 0 Å². The zero-order valence-corrected chi connectivity index (χ0v) is 12.0. The van der Waals surface area contributed by atoms with Gasteiger partial charge in [-0.15, -0.1) is 0 Å². The molecule has 0 spiro atoms. The van der Waals surface area contributed by atoms with Crippen LogP contribution in [0.2, 0.25) is 0 Å². The molecule has 1 aliphatic rings. The predicted molar refractivity (Wildman–Crippen MR) is 72.1 cm³/mol. The van der Waals surface area contributed by atoms with Crippen molar-refractivity contribution in [2.45, 2.75) is 17.9 Å². The lowest BCUT2D eigenvalue weighted by Gasteiger charge is -2.24. The number of ether oxygens (including phenoxy) is 1. The number of sulfonamides is 1. The predicted octanol–water partition coefficient (Wildman–Crippen LogP) is 0.0188. The molecule has 2 rings (SSSR count). The molecule has 1 aliphatic heterocycles. The smallest absolute Gasteiger partial charge is 0.265 e. The average molecular weight is 300 g/mol. The van der Waals surface area contributed by atoms with Gasteiger partial charge in [-0.2, -0.15) is 4.31 Å². The minimum absolute atomic E-state index is 0.000683. The summed E-state index contributed by atoms with van der Waals surface area (Å²) < 4.78 is 30.8. The first-order chi connectivity index (χ1) is 9.36. The van der Waals surface area contributed by atoms with Gasteiger partial charge in [0.25, 0.3) is 5.91 Å². The molecule has 0 bridgehead atoms. The van der Waals surface area contributed by atoms with Gasteiger partial charge in [0.05, 0.1) is 17.2 Å². The van der Waals surface area contributed by atoms with Gasteiger partial charge >= 0.3 is 0 Å². The zero-order chi connectivity index (χ0) is 14.9. The number of anilines is 1. The topological polar surface area (TPSA) is 95.9 Å². The summed E-state index contributed by atoms with van der Waals surface area (Å²) in [6, 6.07) is 4.26. The Bertz CT molecular complexity index is 629. The van der Waals surface area contributed by atoms with Crippen LogP contribution in [0, 0.1) is 0 Å². The number of aliphatic hydroxyl groups excluding tert-OH is 1. The maximum atomic E-state index is 12.2. The van der Waals surface area contributed by atoms with Gasteiger partial charge in [-0.25, -0.2) is 8.42 Å². The number of likely N-dealkylation sites (N-methyl/N-ethyl adjacent to an activating group) is 1. The molecule has 1 aromatic rings. The summed E-state index contributed by atoms with van der Waals surface area (Å²) in [4.78, 5) is 11.6. The van der Waals surface area contributed by atoms with E-state index in [2.05, 4.69) is 5.32 Å². The van der Waals surface area contributed by atoms with Crippen LogP contribution in [0.1, 0.15) is 6.92 Å². The number of hydrogen-bond acceptors (Lipinski definition) is 5. The molecule has 20 heavy (non-hydrogen) atoms. The van der Waals surface area contributed by atoms with Crippen LogP contribution in [0.5, 0.6) is 5.75 Å². The number of carbonyl (C=O) groups excluding carboxylic acids is 1. The number of carbonyl (C=O) groups is 1. The molecule has 8 heteroatoms. The van der Waals surface area contributed by atoms with Gasteiger partial charge in [0.1, 0.15) is 5.75 Å². The van der Waals surface area contributed by atoms with Gasteiger partial charge in [0, 0.05) is 13.6 Å². The van der Waals surface area contributed by atoms with Gasteiger partial charge in [-0.1, -0.05) is 0 Å². The second kappa shape index (κ2) is 5.39. The summed E-state index contributed by atoms with van der Waals surface area (Å²) in [5, 5.41) is 11.4. The molecular weight excluding hydrogens is 284 g/mol. The number of amides is 1. The number of benzene rings is 1. The Labute approximate surface area is 117 Å². The summed E-state index contributed by atoms with van der Waals surface area (Å²) in [6.07, 6.45) is -0.609. The van der Waals surface area contributed by atoms with Crippen molar-refractivity contribution in [3.8, 4) is 5.75 Å². The molecule has 1 heterocycles. The zero-order valence-electron chi connectivity index (χ0n) is 11.2. The fourth-order valence-corrected chi connectivity index (χ4v) is 2.98. The normalized spacial score (nSPS) is 18.4. The third-order valence-electron chi connectivity index (χ3n) is 3.00. The third-order valence-corrected chi connectivity index (χ3v) is 4.86. The molecule has 1 unspecified atom stereocenters. The highest BCUT2D eigenvalue weighted by atomic mass is 32.2. The summed E-state index contributed by atoms with van der Waals surface area (Å²) >= 11 is 0. The number of hydrogen-bond donors (Lipinski definition) is 2. The monoisotopic (exact) mass is 300 g/mol. The Balaban J connectivity index is 2.37. The van der Waals surface area contributed by atoms with Crippen LogP contribution >= 0.6 is 0 Å². The maximum Gasteiger partial charge on any atom is 0.265 e. The van der Waals surface area contributed by atoms with E-state index >= 15 is 0 Å². The maximum absolute atomic E-state index is 12.2.